The normalized spacial score (nSPS) is 10.7. The van der Waals surface area contributed by atoms with Crippen molar-refractivity contribution in [3.8, 4) is 22.9 Å². The highest BCUT2D eigenvalue weighted by Gasteiger charge is 2.17. The summed E-state index contributed by atoms with van der Waals surface area (Å²) in [4.78, 5) is 26.7. The zero-order chi connectivity index (χ0) is 17.3. The van der Waals surface area contributed by atoms with Gasteiger partial charge in [-0.05, 0) is 19.1 Å². The Morgan fingerprint density at radius 1 is 1.33 bits per heavy atom. The Bertz CT molecular complexity index is 946. The van der Waals surface area contributed by atoms with Crippen LogP contribution in [-0.4, -0.2) is 36.6 Å². The van der Waals surface area contributed by atoms with Gasteiger partial charge in [0.25, 0.3) is 0 Å². The molecule has 0 radical (unpaired) electrons. The molecule has 0 aliphatic carbocycles. The first-order chi connectivity index (χ1) is 11.5. The number of phenolic OH excluding ortho intramolecular Hbond substituents is 1. The number of benzene rings is 1. The van der Waals surface area contributed by atoms with E-state index in [0.29, 0.717) is 23.4 Å². The fourth-order valence-corrected chi connectivity index (χ4v) is 2.10. The van der Waals surface area contributed by atoms with Gasteiger partial charge in [-0.3, -0.25) is 10.1 Å². The highest BCUT2D eigenvalue weighted by molar-refractivity contribution is 5.79. The lowest BCUT2D eigenvalue weighted by Crippen LogP contribution is -2.04. The van der Waals surface area contributed by atoms with Crippen molar-refractivity contribution in [1.82, 2.24) is 19.9 Å². The number of nitrogens with two attached hydrogens (primary N) is 1. The summed E-state index contributed by atoms with van der Waals surface area (Å²) in [7, 11) is 0. The number of anilines is 1. The van der Waals surface area contributed by atoms with E-state index in [1.807, 2.05) is 0 Å². The van der Waals surface area contributed by atoms with Gasteiger partial charge in [0.1, 0.15) is 0 Å². The predicted octanol–water partition coefficient (Wildman–Crippen LogP) is 1.68. The molecule has 0 saturated heterocycles. The van der Waals surface area contributed by atoms with Crippen LogP contribution in [0, 0.1) is 10.1 Å². The molecule has 0 bridgehead atoms. The Balaban J connectivity index is 2.17. The summed E-state index contributed by atoms with van der Waals surface area (Å²) in [6.07, 6.45) is 1.40. The highest BCUT2D eigenvalue weighted by Crippen LogP contribution is 2.31. The third-order valence-electron chi connectivity index (χ3n) is 3.14. The molecular weight excluding hydrogens is 316 g/mol. The van der Waals surface area contributed by atoms with E-state index >= 15 is 0 Å². The lowest BCUT2D eigenvalue weighted by molar-refractivity contribution is -0.385. The topological polar surface area (TPSA) is 150 Å². The Labute approximate surface area is 135 Å². The second-order valence-corrected chi connectivity index (χ2v) is 4.71. The number of nitrogens with zero attached hydrogens (tertiary/aromatic N) is 5. The minimum Gasteiger partial charge on any atom is -0.502 e. The first-order valence-corrected chi connectivity index (χ1v) is 6.90. The van der Waals surface area contributed by atoms with E-state index in [1.165, 1.54) is 24.4 Å². The predicted molar refractivity (Wildman–Crippen MR) is 84.5 cm³/mol. The molecule has 1 aromatic carbocycles. The second kappa shape index (κ2) is 5.91. The molecule has 0 saturated carbocycles. The number of nitro groups is 1. The summed E-state index contributed by atoms with van der Waals surface area (Å²) in [6, 6.07) is 3.93. The lowest BCUT2D eigenvalue weighted by atomic mass is 10.1. The SMILES string of the molecule is CCOc1nc(N)nc2ncc(-c3ccc(O)c([N+](=O)[O-])c3)nc12. The molecule has 122 valence electrons. The molecule has 3 rings (SSSR count). The van der Waals surface area contributed by atoms with E-state index < -0.39 is 16.4 Å². The van der Waals surface area contributed by atoms with Crippen LogP contribution in [0.3, 0.4) is 0 Å². The van der Waals surface area contributed by atoms with Crippen molar-refractivity contribution < 1.29 is 14.8 Å². The van der Waals surface area contributed by atoms with Gasteiger partial charge < -0.3 is 15.6 Å². The molecule has 3 N–H and O–H groups in total. The minimum atomic E-state index is -0.678. The number of aromatic hydroxyl groups is 1. The molecule has 3 aromatic rings. The summed E-state index contributed by atoms with van der Waals surface area (Å²) in [5.41, 5.74) is 6.48. The number of fused-ring (bicyclic) bond motifs is 1. The molecule has 0 unspecified atom stereocenters. The minimum absolute atomic E-state index is 0.00766. The van der Waals surface area contributed by atoms with Crippen LogP contribution < -0.4 is 10.5 Å². The number of hydrogen-bond donors (Lipinski definition) is 2. The largest absolute Gasteiger partial charge is 0.502 e. The van der Waals surface area contributed by atoms with Crippen LogP contribution in [0.5, 0.6) is 11.6 Å². The van der Waals surface area contributed by atoms with E-state index in [0.717, 1.165) is 0 Å². The van der Waals surface area contributed by atoms with Crippen LogP contribution in [0.4, 0.5) is 11.6 Å². The van der Waals surface area contributed by atoms with Crippen molar-refractivity contribution in [2.45, 2.75) is 6.92 Å². The van der Waals surface area contributed by atoms with Crippen LogP contribution in [0.2, 0.25) is 0 Å². The van der Waals surface area contributed by atoms with E-state index in [2.05, 4.69) is 19.9 Å². The van der Waals surface area contributed by atoms with Crippen molar-refractivity contribution in [2.75, 3.05) is 12.3 Å². The van der Waals surface area contributed by atoms with E-state index in [4.69, 9.17) is 10.5 Å². The Morgan fingerprint density at radius 2 is 2.12 bits per heavy atom. The third-order valence-corrected chi connectivity index (χ3v) is 3.14. The third kappa shape index (κ3) is 2.72. The molecule has 2 aromatic heterocycles. The molecule has 0 fully saturated rings. The van der Waals surface area contributed by atoms with Crippen molar-refractivity contribution in [3.63, 3.8) is 0 Å². The van der Waals surface area contributed by atoms with Gasteiger partial charge in [-0.1, -0.05) is 0 Å². The molecule has 0 atom stereocenters. The molecular formula is C14H12N6O4. The maximum Gasteiger partial charge on any atom is 0.311 e. The zero-order valence-electron chi connectivity index (χ0n) is 12.5. The van der Waals surface area contributed by atoms with E-state index in [-0.39, 0.29) is 17.5 Å². The summed E-state index contributed by atoms with van der Waals surface area (Å²) >= 11 is 0. The Morgan fingerprint density at radius 3 is 2.83 bits per heavy atom. The van der Waals surface area contributed by atoms with Crippen molar-refractivity contribution in [2.24, 2.45) is 0 Å². The lowest BCUT2D eigenvalue weighted by Gasteiger charge is -2.07. The highest BCUT2D eigenvalue weighted by atomic mass is 16.6. The summed E-state index contributed by atoms with van der Waals surface area (Å²) < 4.78 is 5.39. The summed E-state index contributed by atoms with van der Waals surface area (Å²) in [5.74, 6) is -0.237. The average molecular weight is 328 g/mol. The van der Waals surface area contributed by atoms with E-state index in [1.54, 1.807) is 6.92 Å². The quantitative estimate of drug-likeness (QED) is 0.538. The maximum absolute atomic E-state index is 11.0. The van der Waals surface area contributed by atoms with Crippen molar-refractivity contribution in [1.29, 1.82) is 0 Å². The van der Waals surface area contributed by atoms with Gasteiger partial charge in [0.05, 0.1) is 23.4 Å². The van der Waals surface area contributed by atoms with E-state index in [9.17, 15) is 15.2 Å². The van der Waals surface area contributed by atoms with Gasteiger partial charge in [0.2, 0.25) is 11.8 Å². The van der Waals surface area contributed by atoms with Gasteiger partial charge in [0, 0.05) is 11.6 Å². The Hall–Kier alpha value is -3.56. The first-order valence-electron chi connectivity index (χ1n) is 6.90. The van der Waals surface area contributed by atoms with Crippen LogP contribution >= 0.6 is 0 Å². The number of rotatable bonds is 4. The molecule has 0 aliphatic rings. The van der Waals surface area contributed by atoms with Gasteiger partial charge in [-0.25, -0.2) is 9.97 Å². The molecule has 2 heterocycles. The zero-order valence-corrected chi connectivity index (χ0v) is 12.5. The van der Waals surface area contributed by atoms with Crippen LogP contribution in [0.15, 0.2) is 24.4 Å². The smallest absolute Gasteiger partial charge is 0.311 e. The van der Waals surface area contributed by atoms with Gasteiger partial charge in [-0.2, -0.15) is 9.97 Å². The maximum atomic E-state index is 11.0. The van der Waals surface area contributed by atoms with Gasteiger partial charge >= 0.3 is 5.69 Å². The molecule has 0 spiro atoms. The monoisotopic (exact) mass is 328 g/mol. The molecule has 0 amide bonds. The average Bonchev–Trinajstić information content (AvgIpc) is 2.55. The number of nitro benzene ring substituents is 1. The van der Waals surface area contributed by atoms with Crippen molar-refractivity contribution in [3.05, 3.63) is 34.5 Å². The molecule has 10 nitrogen and oxygen atoms in total. The van der Waals surface area contributed by atoms with Crippen LogP contribution in [0.1, 0.15) is 6.92 Å². The molecule has 10 heteroatoms. The standard InChI is InChI=1S/C14H12N6O4/c1-2-24-13-11-12(18-14(15)19-13)16-6-8(17-11)7-3-4-10(21)9(5-7)20(22)23/h3-6,21H,2H2,1H3,(H2,15,16,18,19). The van der Waals surface area contributed by atoms with Gasteiger partial charge in [-0.15, -0.1) is 0 Å². The van der Waals surface area contributed by atoms with Crippen LogP contribution in [0.25, 0.3) is 22.4 Å². The number of nitrogen functional groups attached to an aromatic ring is 1. The second-order valence-electron chi connectivity index (χ2n) is 4.71. The number of phenols is 1. The number of hydrogen-bond acceptors (Lipinski definition) is 9. The summed E-state index contributed by atoms with van der Waals surface area (Å²) in [5, 5.41) is 20.5. The van der Waals surface area contributed by atoms with Crippen LogP contribution in [-0.2, 0) is 0 Å². The molecule has 0 aliphatic heterocycles. The summed E-state index contributed by atoms with van der Waals surface area (Å²) in [6.45, 7) is 2.13. The fourth-order valence-electron chi connectivity index (χ4n) is 2.10. The fraction of sp³-hybridized carbons (Fsp3) is 0.143. The number of aromatic nitrogens is 4. The molecule has 24 heavy (non-hydrogen) atoms. The first kappa shape index (κ1) is 15.3. The number of ether oxygens (including phenoxy) is 1. The van der Waals surface area contributed by atoms with Gasteiger partial charge in [0.15, 0.2) is 16.9 Å². The Kier molecular flexibility index (Phi) is 3.78. The van der Waals surface area contributed by atoms with Crippen molar-refractivity contribution >= 4 is 22.8 Å².